The van der Waals surface area contributed by atoms with Gasteiger partial charge in [0.25, 0.3) is 0 Å². The van der Waals surface area contributed by atoms with E-state index < -0.39 is 17.4 Å². The van der Waals surface area contributed by atoms with Gasteiger partial charge < -0.3 is 14.9 Å². The zero-order valence-electron chi connectivity index (χ0n) is 27.5. The third-order valence-corrected chi connectivity index (χ3v) is 14.3. The minimum absolute atomic E-state index is 0.00529. The van der Waals surface area contributed by atoms with E-state index in [2.05, 4.69) is 54.5 Å². The Morgan fingerprint density at radius 1 is 0.881 bits per heavy atom. The number of esters is 1. The molecule has 2 N–H and O–H groups in total. The van der Waals surface area contributed by atoms with Gasteiger partial charge in [-0.05, 0) is 110 Å². The molecule has 5 aliphatic carbocycles. The summed E-state index contributed by atoms with van der Waals surface area (Å²) in [5.74, 6) is -0.944. The number of carboxylic acid groups (broad SMARTS) is 2. The molecule has 0 aromatic carbocycles. The number of carboxylic acids is 2. The standard InChI is InChI=1S/C36H56O6/c1-22(19-28(37)38)20-29(39)42-27-12-13-33(6)25(32(27,4)5)11-14-35(8)26(33)10-9-23-24-21-31(2,3)15-17-36(24,30(40)41)18-16-34(23,35)7/h9,22,24-27H,10-21H2,1-8H3,(H,37,38)(H,40,41)/t22?,24-,25-,26+,27-,33-,34+,35+,36-/m0/s1. The summed E-state index contributed by atoms with van der Waals surface area (Å²) < 4.78 is 6.13. The van der Waals surface area contributed by atoms with Crippen molar-refractivity contribution in [2.24, 2.45) is 56.2 Å². The summed E-state index contributed by atoms with van der Waals surface area (Å²) in [6.07, 6.45) is 12.0. The Bertz CT molecular complexity index is 1170. The fourth-order valence-electron chi connectivity index (χ4n) is 11.7. The fraction of sp³-hybridized carbons (Fsp3) is 0.861. The van der Waals surface area contributed by atoms with E-state index in [0.717, 1.165) is 64.2 Å². The van der Waals surface area contributed by atoms with Crippen LogP contribution in [0.5, 0.6) is 0 Å². The first kappa shape index (κ1) is 31.6. The van der Waals surface area contributed by atoms with Crippen molar-refractivity contribution in [1.82, 2.24) is 0 Å². The summed E-state index contributed by atoms with van der Waals surface area (Å²) >= 11 is 0. The topological polar surface area (TPSA) is 101 Å². The van der Waals surface area contributed by atoms with E-state index in [9.17, 15) is 19.5 Å². The number of ether oxygens (including phenoxy) is 1. The van der Waals surface area contributed by atoms with Crippen LogP contribution in [-0.4, -0.2) is 34.2 Å². The highest BCUT2D eigenvalue weighted by Gasteiger charge is 2.69. The summed E-state index contributed by atoms with van der Waals surface area (Å²) in [7, 11) is 0. The third kappa shape index (κ3) is 4.59. The molecule has 9 atom stereocenters. The highest BCUT2D eigenvalue weighted by atomic mass is 16.5. The number of allylic oxidation sites excluding steroid dienone is 2. The normalized spacial score (nSPS) is 44.2. The first-order chi connectivity index (χ1) is 19.3. The highest BCUT2D eigenvalue weighted by molar-refractivity contribution is 5.76. The Hall–Kier alpha value is -1.85. The maximum absolute atomic E-state index is 12.9. The molecule has 1 unspecified atom stereocenters. The molecule has 0 aliphatic heterocycles. The predicted molar refractivity (Wildman–Crippen MR) is 163 cm³/mol. The molecule has 6 heteroatoms. The molecule has 0 saturated heterocycles. The second-order valence-electron chi connectivity index (χ2n) is 17.4. The molecule has 0 heterocycles. The SMILES string of the molecule is CC(CC(=O)O)CC(=O)O[C@H]1CC[C@]2(C)[C@H]3CC=C4[C@@H]5CC(C)(C)CC[C@]5(C(=O)O)CC[C@@]4(C)[C@]3(C)CC[C@H]2C1(C)C. The molecule has 0 bridgehead atoms. The lowest BCUT2D eigenvalue weighted by molar-refractivity contribution is -0.214. The average molecular weight is 585 g/mol. The summed E-state index contributed by atoms with van der Waals surface area (Å²) in [6.45, 7) is 18.5. The second-order valence-corrected chi connectivity index (χ2v) is 17.4. The van der Waals surface area contributed by atoms with Crippen molar-refractivity contribution >= 4 is 17.9 Å². The maximum Gasteiger partial charge on any atom is 0.310 e. The summed E-state index contributed by atoms with van der Waals surface area (Å²) in [6, 6.07) is 0. The van der Waals surface area contributed by atoms with Crippen LogP contribution in [0.2, 0.25) is 0 Å². The van der Waals surface area contributed by atoms with E-state index >= 15 is 0 Å². The van der Waals surface area contributed by atoms with Gasteiger partial charge in [-0.2, -0.15) is 0 Å². The number of carbonyl (C=O) groups excluding carboxylic acids is 1. The van der Waals surface area contributed by atoms with E-state index in [1.54, 1.807) is 6.92 Å². The fourth-order valence-corrected chi connectivity index (χ4v) is 11.7. The zero-order chi connectivity index (χ0) is 31.1. The van der Waals surface area contributed by atoms with E-state index in [1.165, 1.54) is 5.57 Å². The highest BCUT2D eigenvalue weighted by Crippen LogP contribution is 2.75. The van der Waals surface area contributed by atoms with Crippen molar-refractivity contribution in [2.75, 3.05) is 0 Å². The van der Waals surface area contributed by atoms with Crippen LogP contribution in [0, 0.1) is 56.2 Å². The van der Waals surface area contributed by atoms with E-state index in [0.29, 0.717) is 11.8 Å². The Balaban J connectivity index is 1.42. The number of hydrogen-bond donors (Lipinski definition) is 2. The van der Waals surface area contributed by atoms with Gasteiger partial charge in [-0.3, -0.25) is 14.4 Å². The van der Waals surface area contributed by atoms with Crippen LogP contribution < -0.4 is 0 Å². The average Bonchev–Trinajstić information content (AvgIpc) is 2.85. The molecule has 4 fully saturated rings. The van der Waals surface area contributed by atoms with Crippen LogP contribution in [0.1, 0.15) is 132 Å². The van der Waals surface area contributed by atoms with Crippen LogP contribution in [-0.2, 0) is 19.1 Å². The monoisotopic (exact) mass is 584 g/mol. The molecular weight excluding hydrogens is 528 g/mol. The Kier molecular flexibility index (Phi) is 7.58. The molecule has 6 nitrogen and oxygen atoms in total. The number of fused-ring (bicyclic) bond motifs is 7. The summed E-state index contributed by atoms with van der Waals surface area (Å²) in [5.41, 5.74) is 1.03. The minimum atomic E-state index is -0.883. The first-order valence-corrected chi connectivity index (χ1v) is 16.7. The van der Waals surface area contributed by atoms with Gasteiger partial charge >= 0.3 is 17.9 Å². The molecular formula is C36H56O6. The van der Waals surface area contributed by atoms with Gasteiger partial charge in [-0.1, -0.05) is 67.0 Å². The van der Waals surface area contributed by atoms with Crippen LogP contribution in [0.3, 0.4) is 0 Å². The van der Waals surface area contributed by atoms with Gasteiger partial charge in [-0.15, -0.1) is 0 Å². The van der Waals surface area contributed by atoms with Gasteiger partial charge in [-0.25, -0.2) is 0 Å². The van der Waals surface area contributed by atoms with Crippen LogP contribution in [0.15, 0.2) is 11.6 Å². The van der Waals surface area contributed by atoms with E-state index in [4.69, 9.17) is 9.84 Å². The molecule has 0 radical (unpaired) electrons. The first-order valence-electron chi connectivity index (χ1n) is 16.7. The minimum Gasteiger partial charge on any atom is -0.481 e. The lowest BCUT2D eigenvalue weighted by atomic mass is 9.33. The van der Waals surface area contributed by atoms with Crippen molar-refractivity contribution in [3.63, 3.8) is 0 Å². The quantitative estimate of drug-likeness (QED) is 0.241. The molecule has 5 rings (SSSR count). The van der Waals surface area contributed by atoms with Crippen molar-refractivity contribution in [1.29, 1.82) is 0 Å². The van der Waals surface area contributed by atoms with E-state index in [-0.39, 0.29) is 63.8 Å². The molecule has 0 aromatic heterocycles. The van der Waals surface area contributed by atoms with Gasteiger partial charge in [0, 0.05) is 18.3 Å². The van der Waals surface area contributed by atoms with Crippen molar-refractivity contribution < 1.29 is 29.3 Å². The largest absolute Gasteiger partial charge is 0.481 e. The lowest BCUT2D eigenvalue weighted by Crippen LogP contribution is -2.65. The van der Waals surface area contributed by atoms with Crippen molar-refractivity contribution in [2.45, 2.75) is 139 Å². The maximum atomic E-state index is 12.9. The molecule has 0 aromatic rings. The molecule has 0 amide bonds. The Morgan fingerprint density at radius 2 is 1.55 bits per heavy atom. The molecule has 4 saturated carbocycles. The number of rotatable bonds is 6. The second kappa shape index (κ2) is 10.1. The predicted octanol–water partition coefficient (Wildman–Crippen LogP) is 8.29. The Morgan fingerprint density at radius 3 is 2.19 bits per heavy atom. The smallest absolute Gasteiger partial charge is 0.310 e. The zero-order valence-corrected chi connectivity index (χ0v) is 27.5. The number of aliphatic carboxylic acids is 2. The molecule has 236 valence electrons. The van der Waals surface area contributed by atoms with E-state index in [1.807, 2.05) is 0 Å². The van der Waals surface area contributed by atoms with Crippen LogP contribution >= 0.6 is 0 Å². The van der Waals surface area contributed by atoms with Gasteiger partial charge in [0.15, 0.2) is 0 Å². The van der Waals surface area contributed by atoms with Crippen molar-refractivity contribution in [3.05, 3.63) is 11.6 Å². The third-order valence-electron chi connectivity index (χ3n) is 14.3. The summed E-state index contributed by atoms with van der Waals surface area (Å²) in [5, 5.41) is 19.7. The molecule has 42 heavy (non-hydrogen) atoms. The van der Waals surface area contributed by atoms with Gasteiger partial charge in [0.2, 0.25) is 0 Å². The number of carbonyl (C=O) groups is 3. The molecule has 5 aliphatic rings. The number of hydrogen-bond acceptors (Lipinski definition) is 4. The van der Waals surface area contributed by atoms with Gasteiger partial charge in [0.1, 0.15) is 6.10 Å². The molecule has 0 spiro atoms. The lowest BCUT2D eigenvalue weighted by Gasteiger charge is -2.71. The van der Waals surface area contributed by atoms with Crippen LogP contribution in [0.25, 0.3) is 0 Å². The Labute approximate surface area is 253 Å². The van der Waals surface area contributed by atoms with Crippen LogP contribution in [0.4, 0.5) is 0 Å². The van der Waals surface area contributed by atoms with Gasteiger partial charge in [0.05, 0.1) is 5.41 Å². The summed E-state index contributed by atoms with van der Waals surface area (Å²) in [4.78, 5) is 36.9. The van der Waals surface area contributed by atoms with Crippen molar-refractivity contribution in [3.8, 4) is 0 Å².